The van der Waals surface area contributed by atoms with Crippen molar-refractivity contribution in [1.29, 1.82) is 0 Å². The van der Waals surface area contributed by atoms with E-state index in [0.29, 0.717) is 39.4 Å². The molecule has 3 aromatic rings. The Hall–Kier alpha value is -3.50. The van der Waals surface area contributed by atoms with Crippen molar-refractivity contribution in [2.24, 2.45) is 5.92 Å². The van der Waals surface area contributed by atoms with Crippen LogP contribution in [-0.2, 0) is 30.3 Å². The molecule has 214 valence electrons. The molecule has 0 saturated heterocycles. The van der Waals surface area contributed by atoms with Gasteiger partial charge in [0.05, 0.1) is 31.9 Å². The van der Waals surface area contributed by atoms with E-state index in [-0.39, 0.29) is 42.6 Å². The van der Waals surface area contributed by atoms with E-state index in [1.165, 1.54) is 6.92 Å². The molecule has 9 nitrogen and oxygen atoms in total. The predicted molar refractivity (Wildman–Crippen MR) is 151 cm³/mol. The molecule has 1 aliphatic heterocycles. The highest BCUT2D eigenvalue weighted by Gasteiger charge is 2.39. The molecule has 0 unspecified atom stereocenters. The van der Waals surface area contributed by atoms with Gasteiger partial charge in [0.1, 0.15) is 0 Å². The van der Waals surface area contributed by atoms with Gasteiger partial charge in [-0.15, -0.1) is 0 Å². The van der Waals surface area contributed by atoms with Crippen LogP contribution in [-0.4, -0.2) is 67.4 Å². The van der Waals surface area contributed by atoms with Crippen molar-refractivity contribution < 1.29 is 33.6 Å². The molecular weight excluding hydrogens is 512 g/mol. The Morgan fingerprint density at radius 2 is 1.73 bits per heavy atom. The molecule has 2 aromatic carbocycles. The minimum Gasteiger partial charge on any atom is -0.459 e. The van der Waals surface area contributed by atoms with Crippen molar-refractivity contribution >= 4 is 22.7 Å². The SMILES string of the molecule is CCO[C@@H]1OC(C(=O)NCc2ccccc2)=C[C@H](c2cn(C(C)=O)c3ccccc23)[C@@H]1CCOCCOCCO. The van der Waals surface area contributed by atoms with Gasteiger partial charge in [0.15, 0.2) is 5.76 Å². The van der Waals surface area contributed by atoms with Crippen molar-refractivity contribution in [1.82, 2.24) is 9.88 Å². The zero-order valence-corrected chi connectivity index (χ0v) is 23.1. The van der Waals surface area contributed by atoms with Gasteiger partial charge >= 0.3 is 0 Å². The molecule has 1 amide bonds. The fraction of sp³-hybridized carbons (Fsp3) is 0.419. The summed E-state index contributed by atoms with van der Waals surface area (Å²) in [6.07, 6.45) is 3.60. The average Bonchev–Trinajstić information content (AvgIpc) is 3.36. The first-order chi connectivity index (χ1) is 19.5. The lowest BCUT2D eigenvalue weighted by Gasteiger charge is -2.36. The summed E-state index contributed by atoms with van der Waals surface area (Å²) in [7, 11) is 0. The van der Waals surface area contributed by atoms with Crippen LogP contribution in [0.2, 0.25) is 0 Å². The number of amides is 1. The standard InChI is InChI=1S/C31H38N2O7/c1-3-39-31-25(13-15-37-17-18-38-16-14-34)26(27-21-33(22(2)35)28-12-8-7-11-24(27)28)19-29(40-31)30(36)32-20-23-9-5-4-6-10-23/h4-12,19,21,25-26,31,34H,3,13-18,20H2,1-2H3,(H,32,36)/t25-,26-,31+/m0/s1. The third kappa shape index (κ3) is 7.37. The number of carbonyl (C=O) groups is 2. The van der Waals surface area contributed by atoms with E-state index in [0.717, 1.165) is 22.0 Å². The second-order valence-corrected chi connectivity index (χ2v) is 9.56. The zero-order valence-electron chi connectivity index (χ0n) is 23.1. The second-order valence-electron chi connectivity index (χ2n) is 9.56. The van der Waals surface area contributed by atoms with Gasteiger partial charge in [-0.25, -0.2) is 0 Å². The van der Waals surface area contributed by atoms with Crippen LogP contribution in [0.5, 0.6) is 0 Å². The summed E-state index contributed by atoms with van der Waals surface area (Å²) >= 11 is 0. The highest BCUT2D eigenvalue weighted by molar-refractivity contribution is 5.95. The van der Waals surface area contributed by atoms with Crippen LogP contribution in [0.25, 0.3) is 10.9 Å². The monoisotopic (exact) mass is 550 g/mol. The highest BCUT2D eigenvalue weighted by atomic mass is 16.7. The maximum Gasteiger partial charge on any atom is 0.286 e. The Morgan fingerprint density at radius 3 is 2.45 bits per heavy atom. The minimum absolute atomic E-state index is 0.0292. The van der Waals surface area contributed by atoms with Gasteiger partial charge in [-0.2, -0.15) is 0 Å². The maximum atomic E-state index is 13.3. The number of allylic oxidation sites excluding steroid dienone is 1. The molecule has 0 aliphatic carbocycles. The van der Waals surface area contributed by atoms with E-state index in [1.54, 1.807) is 4.57 Å². The van der Waals surface area contributed by atoms with Gasteiger partial charge in [0.25, 0.3) is 5.91 Å². The molecule has 2 heterocycles. The van der Waals surface area contributed by atoms with Crippen LogP contribution >= 0.6 is 0 Å². The van der Waals surface area contributed by atoms with Crippen molar-refractivity contribution in [3.05, 3.63) is 83.8 Å². The van der Waals surface area contributed by atoms with Gasteiger partial charge in [-0.1, -0.05) is 48.5 Å². The third-order valence-electron chi connectivity index (χ3n) is 6.88. The zero-order chi connectivity index (χ0) is 28.3. The number of fused-ring (bicyclic) bond motifs is 1. The summed E-state index contributed by atoms with van der Waals surface area (Å²) in [5.74, 6) is -0.695. The van der Waals surface area contributed by atoms with E-state index in [9.17, 15) is 9.59 Å². The predicted octanol–water partition coefficient (Wildman–Crippen LogP) is 4.01. The van der Waals surface area contributed by atoms with Gasteiger partial charge in [-0.05, 0) is 36.6 Å². The molecule has 1 aromatic heterocycles. The lowest BCUT2D eigenvalue weighted by molar-refractivity contribution is -0.168. The molecule has 4 rings (SSSR count). The summed E-state index contributed by atoms with van der Waals surface area (Å²) in [6, 6.07) is 17.4. The number of ether oxygens (including phenoxy) is 4. The molecular formula is C31H38N2O7. The molecule has 1 aliphatic rings. The van der Waals surface area contributed by atoms with Crippen molar-refractivity contribution in [3.63, 3.8) is 0 Å². The summed E-state index contributed by atoms with van der Waals surface area (Å²) in [4.78, 5) is 25.8. The quantitative estimate of drug-likeness (QED) is 0.292. The summed E-state index contributed by atoms with van der Waals surface area (Å²) < 4.78 is 24.9. The van der Waals surface area contributed by atoms with Crippen molar-refractivity contribution in [3.8, 4) is 0 Å². The van der Waals surface area contributed by atoms with E-state index in [2.05, 4.69) is 5.32 Å². The minimum atomic E-state index is -0.689. The number of para-hydroxylation sites is 1. The summed E-state index contributed by atoms with van der Waals surface area (Å²) in [6.45, 7) is 5.63. The fourth-order valence-corrected chi connectivity index (χ4v) is 5.00. The van der Waals surface area contributed by atoms with Crippen LogP contribution in [0.4, 0.5) is 0 Å². The second kappa shape index (κ2) is 14.8. The number of rotatable bonds is 14. The normalized spacial score (nSPS) is 18.8. The molecule has 0 spiro atoms. The largest absolute Gasteiger partial charge is 0.459 e. The first-order valence-corrected chi connectivity index (χ1v) is 13.7. The molecule has 0 bridgehead atoms. The first kappa shape index (κ1) is 29.5. The molecule has 9 heteroatoms. The van der Waals surface area contributed by atoms with E-state index in [4.69, 9.17) is 24.1 Å². The third-order valence-corrected chi connectivity index (χ3v) is 6.88. The number of nitrogens with zero attached hydrogens (tertiary/aromatic N) is 1. The molecule has 3 atom stereocenters. The molecule has 40 heavy (non-hydrogen) atoms. The number of carbonyl (C=O) groups excluding carboxylic acids is 2. The maximum absolute atomic E-state index is 13.3. The molecule has 0 radical (unpaired) electrons. The Balaban J connectivity index is 1.63. The number of hydrogen-bond donors (Lipinski definition) is 2. The van der Waals surface area contributed by atoms with Gasteiger partial charge in [0.2, 0.25) is 12.2 Å². The van der Waals surface area contributed by atoms with Crippen molar-refractivity contribution in [2.75, 3.05) is 39.6 Å². The van der Waals surface area contributed by atoms with E-state index in [1.807, 2.05) is 73.8 Å². The summed E-state index contributed by atoms with van der Waals surface area (Å²) in [5.41, 5.74) is 2.71. The molecule has 0 fully saturated rings. The lowest BCUT2D eigenvalue weighted by Crippen LogP contribution is -2.39. The van der Waals surface area contributed by atoms with Crippen LogP contribution < -0.4 is 5.32 Å². The number of benzene rings is 2. The Kier molecular flexibility index (Phi) is 10.9. The van der Waals surface area contributed by atoms with E-state index < -0.39 is 6.29 Å². The summed E-state index contributed by atoms with van der Waals surface area (Å²) in [5, 5.41) is 12.8. The topological polar surface area (TPSA) is 108 Å². The van der Waals surface area contributed by atoms with Crippen LogP contribution in [0.3, 0.4) is 0 Å². The van der Waals surface area contributed by atoms with Crippen LogP contribution in [0, 0.1) is 5.92 Å². The first-order valence-electron chi connectivity index (χ1n) is 13.7. The van der Waals surface area contributed by atoms with Crippen LogP contribution in [0.15, 0.2) is 72.6 Å². The number of aromatic nitrogens is 1. The number of hydrogen-bond acceptors (Lipinski definition) is 7. The highest BCUT2D eigenvalue weighted by Crippen LogP contribution is 2.42. The number of nitrogens with one attached hydrogen (secondary N) is 1. The average molecular weight is 551 g/mol. The van der Waals surface area contributed by atoms with E-state index >= 15 is 0 Å². The lowest BCUT2D eigenvalue weighted by atomic mass is 9.81. The number of aliphatic hydroxyl groups is 1. The smallest absolute Gasteiger partial charge is 0.286 e. The Morgan fingerprint density at radius 1 is 1.00 bits per heavy atom. The molecule has 2 N–H and O–H groups in total. The Bertz CT molecular complexity index is 1290. The van der Waals surface area contributed by atoms with Gasteiger partial charge in [-0.3, -0.25) is 14.2 Å². The van der Waals surface area contributed by atoms with Crippen LogP contribution in [0.1, 0.15) is 42.1 Å². The van der Waals surface area contributed by atoms with Crippen molar-refractivity contribution in [2.45, 2.75) is 39.0 Å². The number of aliphatic hydroxyl groups excluding tert-OH is 1. The van der Waals surface area contributed by atoms with Gasteiger partial charge < -0.3 is 29.4 Å². The molecule has 0 saturated carbocycles. The van der Waals surface area contributed by atoms with Gasteiger partial charge in [0, 0.05) is 50.1 Å². The Labute approximate surface area is 234 Å². The fourth-order valence-electron chi connectivity index (χ4n) is 5.00.